The molecule has 0 saturated heterocycles. The second-order valence-corrected chi connectivity index (χ2v) is 9.63. The molecule has 0 aliphatic heterocycles. The molecule has 1 N–H and O–H groups in total. The Bertz CT molecular complexity index is 779. The first-order valence-corrected chi connectivity index (χ1v) is 10.6. The average Bonchev–Trinajstić information content (AvgIpc) is 2.53. The minimum atomic E-state index is -3.37. The third kappa shape index (κ3) is 6.80. The lowest BCUT2D eigenvalue weighted by molar-refractivity contribution is 0.322. The Labute approximate surface area is 158 Å². The summed E-state index contributed by atoms with van der Waals surface area (Å²) < 4.78 is 33.2. The Morgan fingerprint density at radius 3 is 2.16 bits per heavy atom. The van der Waals surface area contributed by atoms with Gasteiger partial charge in [-0.1, -0.05) is 61.0 Å². The standard InChI is InChI=1S/C19H24BrNO3S/c1-19(2,3)16-6-10-18(11-7-16)24-13-12-21-25(22,23)14-15-4-8-17(20)9-5-15/h4-11,21H,12-14H2,1-3H3. The summed E-state index contributed by atoms with van der Waals surface area (Å²) in [6.45, 7) is 6.99. The molecule has 0 aromatic heterocycles. The third-order valence-electron chi connectivity index (χ3n) is 3.68. The normalized spacial score (nSPS) is 12.2. The summed E-state index contributed by atoms with van der Waals surface area (Å²) in [5.41, 5.74) is 2.07. The van der Waals surface area contributed by atoms with Crippen LogP contribution in [0.4, 0.5) is 0 Å². The SMILES string of the molecule is CC(C)(C)c1ccc(OCCNS(=O)(=O)Cc2ccc(Br)cc2)cc1. The van der Waals surface area contributed by atoms with Gasteiger partial charge >= 0.3 is 0 Å². The lowest BCUT2D eigenvalue weighted by atomic mass is 9.87. The zero-order valence-electron chi connectivity index (χ0n) is 14.8. The maximum atomic E-state index is 12.1. The molecule has 6 heteroatoms. The summed E-state index contributed by atoms with van der Waals surface area (Å²) in [5.74, 6) is 0.695. The molecule has 0 unspecified atom stereocenters. The summed E-state index contributed by atoms with van der Waals surface area (Å²) in [4.78, 5) is 0. The minimum Gasteiger partial charge on any atom is -0.492 e. The van der Waals surface area contributed by atoms with Gasteiger partial charge in [0.05, 0.1) is 5.75 Å². The van der Waals surface area contributed by atoms with E-state index in [2.05, 4.69) is 41.4 Å². The molecule has 0 heterocycles. The van der Waals surface area contributed by atoms with Crippen LogP contribution in [0.3, 0.4) is 0 Å². The highest BCUT2D eigenvalue weighted by molar-refractivity contribution is 9.10. The fraction of sp³-hybridized carbons (Fsp3) is 0.368. The number of rotatable bonds is 7. The number of nitrogens with one attached hydrogen (secondary N) is 1. The summed E-state index contributed by atoms with van der Waals surface area (Å²) in [6, 6.07) is 15.1. The van der Waals surface area contributed by atoms with E-state index in [0.717, 1.165) is 15.8 Å². The number of hydrogen-bond acceptors (Lipinski definition) is 3. The van der Waals surface area contributed by atoms with Gasteiger partial charge in [-0.15, -0.1) is 0 Å². The van der Waals surface area contributed by atoms with Crippen LogP contribution in [0.5, 0.6) is 5.75 Å². The van der Waals surface area contributed by atoms with Crippen LogP contribution in [0, 0.1) is 0 Å². The molecular formula is C19H24BrNO3S. The van der Waals surface area contributed by atoms with Crippen LogP contribution >= 0.6 is 15.9 Å². The molecule has 0 amide bonds. The first kappa shape index (κ1) is 19.9. The van der Waals surface area contributed by atoms with E-state index in [-0.39, 0.29) is 24.3 Å². The molecule has 136 valence electrons. The van der Waals surface area contributed by atoms with Gasteiger partial charge in [-0.3, -0.25) is 0 Å². The lowest BCUT2D eigenvalue weighted by Crippen LogP contribution is -2.29. The summed E-state index contributed by atoms with van der Waals surface area (Å²) in [6.07, 6.45) is 0. The molecule has 25 heavy (non-hydrogen) atoms. The second kappa shape index (κ2) is 8.34. The average molecular weight is 426 g/mol. The van der Waals surface area contributed by atoms with Crippen molar-refractivity contribution in [3.63, 3.8) is 0 Å². The first-order valence-electron chi connectivity index (χ1n) is 8.11. The van der Waals surface area contributed by atoms with Crippen molar-refractivity contribution in [3.8, 4) is 5.75 Å². The Morgan fingerprint density at radius 2 is 1.60 bits per heavy atom. The fourth-order valence-electron chi connectivity index (χ4n) is 2.27. The topological polar surface area (TPSA) is 55.4 Å². The van der Waals surface area contributed by atoms with Crippen LogP contribution in [-0.2, 0) is 21.2 Å². The minimum absolute atomic E-state index is 0.0411. The molecule has 2 aromatic rings. The maximum Gasteiger partial charge on any atom is 0.215 e. The van der Waals surface area contributed by atoms with Crippen LogP contribution < -0.4 is 9.46 Å². The molecule has 2 aromatic carbocycles. The second-order valence-electron chi connectivity index (χ2n) is 6.90. The van der Waals surface area contributed by atoms with E-state index < -0.39 is 10.0 Å². The molecule has 2 rings (SSSR count). The lowest BCUT2D eigenvalue weighted by Gasteiger charge is -2.19. The number of hydrogen-bond donors (Lipinski definition) is 1. The predicted molar refractivity (Wildman–Crippen MR) is 105 cm³/mol. The van der Waals surface area contributed by atoms with Gasteiger partial charge in [0.2, 0.25) is 10.0 Å². The van der Waals surface area contributed by atoms with Gasteiger partial charge in [0.1, 0.15) is 12.4 Å². The summed E-state index contributed by atoms with van der Waals surface area (Å²) >= 11 is 3.33. The zero-order valence-corrected chi connectivity index (χ0v) is 17.2. The van der Waals surface area contributed by atoms with E-state index in [0.29, 0.717) is 0 Å². The Kier molecular flexibility index (Phi) is 6.65. The van der Waals surface area contributed by atoms with Crippen LogP contribution in [0.15, 0.2) is 53.0 Å². The molecule has 0 aliphatic rings. The van der Waals surface area contributed by atoms with Crippen LogP contribution in [0.25, 0.3) is 0 Å². The molecule has 0 radical (unpaired) electrons. The molecule has 0 bridgehead atoms. The van der Waals surface area contributed by atoms with Gasteiger partial charge in [0.25, 0.3) is 0 Å². The number of ether oxygens (including phenoxy) is 1. The highest BCUT2D eigenvalue weighted by atomic mass is 79.9. The Hall–Kier alpha value is -1.37. The van der Waals surface area contributed by atoms with Crippen molar-refractivity contribution in [1.82, 2.24) is 4.72 Å². The summed E-state index contributed by atoms with van der Waals surface area (Å²) in [7, 11) is -3.37. The van der Waals surface area contributed by atoms with Gasteiger partial charge in [0, 0.05) is 11.0 Å². The molecule has 0 atom stereocenters. The van der Waals surface area contributed by atoms with Crippen molar-refractivity contribution in [3.05, 3.63) is 64.1 Å². The highest BCUT2D eigenvalue weighted by Gasteiger charge is 2.13. The van der Waals surface area contributed by atoms with Crippen molar-refractivity contribution in [2.75, 3.05) is 13.2 Å². The molecule has 4 nitrogen and oxygen atoms in total. The van der Waals surface area contributed by atoms with E-state index in [9.17, 15) is 8.42 Å². The first-order chi connectivity index (χ1) is 11.7. The third-order valence-corrected chi connectivity index (χ3v) is 5.57. The van der Waals surface area contributed by atoms with E-state index in [1.165, 1.54) is 5.56 Å². The smallest absolute Gasteiger partial charge is 0.215 e. The largest absolute Gasteiger partial charge is 0.492 e. The van der Waals surface area contributed by atoms with Crippen molar-refractivity contribution in [2.24, 2.45) is 0 Å². The number of benzene rings is 2. The van der Waals surface area contributed by atoms with Crippen molar-refractivity contribution >= 4 is 26.0 Å². The zero-order chi connectivity index (χ0) is 18.5. The van der Waals surface area contributed by atoms with Crippen molar-refractivity contribution < 1.29 is 13.2 Å². The van der Waals surface area contributed by atoms with Gasteiger partial charge in [-0.05, 0) is 40.8 Å². The van der Waals surface area contributed by atoms with Crippen molar-refractivity contribution in [1.29, 1.82) is 0 Å². The molecule has 0 aliphatic carbocycles. The Morgan fingerprint density at radius 1 is 1.00 bits per heavy atom. The molecule has 0 spiro atoms. The van der Waals surface area contributed by atoms with Gasteiger partial charge in [-0.25, -0.2) is 13.1 Å². The monoisotopic (exact) mass is 425 g/mol. The van der Waals surface area contributed by atoms with E-state index in [4.69, 9.17) is 4.74 Å². The highest BCUT2D eigenvalue weighted by Crippen LogP contribution is 2.24. The van der Waals surface area contributed by atoms with Gasteiger partial charge < -0.3 is 4.74 Å². The Balaban J connectivity index is 1.79. The van der Waals surface area contributed by atoms with Crippen LogP contribution in [0.2, 0.25) is 0 Å². The van der Waals surface area contributed by atoms with E-state index in [1.54, 1.807) is 12.1 Å². The van der Waals surface area contributed by atoms with Crippen molar-refractivity contribution in [2.45, 2.75) is 31.9 Å². The molecule has 0 saturated carbocycles. The summed E-state index contributed by atoms with van der Waals surface area (Å²) in [5, 5.41) is 0. The van der Waals surface area contributed by atoms with Gasteiger partial charge in [0.15, 0.2) is 0 Å². The van der Waals surface area contributed by atoms with Crippen LogP contribution in [-0.4, -0.2) is 21.6 Å². The quantitative estimate of drug-likeness (QED) is 0.674. The number of sulfonamides is 1. The fourth-order valence-corrected chi connectivity index (χ4v) is 3.66. The molecule has 0 fully saturated rings. The van der Waals surface area contributed by atoms with E-state index >= 15 is 0 Å². The number of halogens is 1. The maximum absolute atomic E-state index is 12.1. The van der Waals surface area contributed by atoms with Gasteiger partial charge in [-0.2, -0.15) is 0 Å². The molecular weight excluding hydrogens is 402 g/mol. The van der Waals surface area contributed by atoms with Crippen LogP contribution in [0.1, 0.15) is 31.9 Å². The predicted octanol–water partition coefficient (Wildman–Crippen LogP) is 4.25. The van der Waals surface area contributed by atoms with E-state index in [1.807, 2.05) is 36.4 Å².